The second-order valence-corrected chi connectivity index (χ2v) is 5.94. The van der Waals surface area contributed by atoms with Gasteiger partial charge in [0.2, 0.25) is 0 Å². The number of carbonyl (C=O) groups excluding carboxylic acids is 1. The number of carbonyl (C=O) groups is 1. The Balaban J connectivity index is 1.45. The molecule has 1 aromatic rings. The van der Waals surface area contributed by atoms with Crippen molar-refractivity contribution in [3.8, 4) is 0 Å². The highest BCUT2D eigenvalue weighted by molar-refractivity contribution is 5.89. The van der Waals surface area contributed by atoms with Gasteiger partial charge in [0.15, 0.2) is 0 Å². The Hall–Kier alpha value is -2.15. The van der Waals surface area contributed by atoms with Crippen molar-refractivity contribution < 1.29 is 9.72 Å². The van der Waals surface area contributed by atoms with Crippen LogP contribution >= 0.6 is 0 Å². The Labute approximate surface area is 128 Å². The van der Waals surface area contributed by atoms with E-state index < -0.39 is 4.92 Å². The lowest BCUT2D eigenvalue weighted by molar-refractivity contribution is -0.384. The molecule has 0 radical (unpaired) electrons. The SMILES string of the molecule is O=C(Nc1ccc([N+](=O)[O-])cc1)NC1CCN(C2CC2)CC1. The summed E-state index contributed by atoms with van der Waals surface area (Å²) in [5, 5.41) is 16.3. The fourth-order valence-electron chi connectivity index (χ4n) is 2.87. The number of non-ortho nitro benzene ring substituents is 1. The van der Waals surface area contributed by atoms with Crippen LogP contribution in [0, 0.1) is 10.1 Å². The molecule has 0 bridgehead atoms. The molecule has 22 heavy (non-hydrogen) atoms. The number of nitrogens with one attached hydrogen (secondary N) is 2. The molecule has 1 aromatic carbocycles. The zero-order valence-electron chi connectivity index (χ0n) is 12.3. The van der Waals surface area contributed by atoms with Crippen LogP contribution in [0.4, 0.5) is 16.2 Å². The molecule has 2 N–H and O–H groups in total. The van der Waals surface area contributed by atoms with Gasteiger partial charge in [-0.15, -0.1) is 0 Å². The molecule has 0 unspecified atom stereocenters. The summed E-state index contributed by atoms with van der Waals surface area (Å²) in [5.74, 6) is 0. The largest absolute Gasteiger partial charge is 0.335 e. The number of amides is 2. The normalized spacial score (nSPS) is 19.6. The standard InChI is InChI=1S/C15H20N4O3/c20-15(16-11-1-3-14(4-2-11)19(21)22)17-12-7-9-18(10-8-12)13-5-6-13/h1-4,12-13H,5-10H2,(H2,16,17,20). The van der Waals surface area contributed by atoms with Gasteiger partial charge in [-0.1, -0.05) is 0 Å². The highest BCUT2D eigenvalue weighted by Crippen LogP contribution is 2.29. The van der Waals surface area contributed by atoms with Gasteiger partial charge in [0.1, 0.15) is 0 Å². The Morgan fingerprint density at radius 3 is 2.32 bits per heavy atom. The van der Waals surface area contributed by atoms with Crippen LogP contribution in [0.25, 0.3) is 0 Å². The summed E-state index contributed by atoms with van der Waals surface area (Å²) in [5.41, 5.74) is 0.567. The molecule has 0 spiro atoms. The van der Waals surface area contributed by atoms with E-state index in [4.69, 9.17) is 0 Å². The summed E-state index contributed by atoms with van der Waals surface area (Å²) >= 11 is 0. The molecule has 118 valence electrons. The average molecular weight is 304 g/mol. The van der Waals surface area contributed by atoms with Crippen molar-refractivity contribution in [3.63, 3.8) is 0 Å². The van der Waals surface area contributed by atoms with Crippen molar-refractivity contribution in [2.24, 2.45) is 0 Å². The maximum atomic E-state index is 12.0. The molecule has 7 heteroatoms. The number of rotatable bonds is 4. The number of anilines is 1. The van der Waals surface area contributed by atoms with E-state index in [0.717, 1.165) is 32.0 Å². The summed E-state index contributed by atoms with van der Waals surface area (Å²) in [7, 11) is 0. The van der Waals surface area contributed by atoms with Gasteiger partial charge in [0.25, 0.3) is 5.69 Å². The zero-order valence-corrected chi connectivity index (χ0v) is 12.3. The highest BCUT2D eigenvalue weighted by atomic mass is 16.6. The van der Waals surface area contributed by atoms with Gasteiger partial charge < -0.3 is 15.5 Å². The number of hydrogen-bond acceptors (Lipinski definition) is 4. The fraction of sp³-hybridized carbons (Fsp3) is 0.533. The van der Waals surface area contributed by atoms with Gasteiger partial charge in [-0.3, -0.25) is 10.1 Å². The predicted octanol–water partition coefficient (Wildman–Crippen LogP) is 2.34. The van der Waals surface area contributed by atoms with Crippen LogP contribution in [0.3, 0.4) is 0 Å². The van der Waals surface area contributed by atoms with Crippen molar-refractivity contribution in [1.82, 2.24) is 10.2 Å². The van der Waals surface area contributed by atoms with Gasteiger partial charge >= 0.3 is 6.03 Å². The van der Waals surface area contributed by atoms with Gasteiger partial charge in [-0.05, 0) is 37.8 Å². The number of piperidine rings is 1. The number of urea groups is 1. The monoisotopic (exact) mass is 304 g/mol. The third-order valence-corrected chi connectivity index (χ3v) is 4.26. The van der Waals surface area contributed by atoms with E-state index in [1.165, 1.54) is 37.1 Å². The van der Waals surface area contributed by atoms with E-state index in [-0.39, 0.29) is 17.8 Å². The molecule has 1 heterocycles. The third kappa shape index (κ3) is 3.73. The zero-order chi connectivity index (χ0) is 15.5. The minimum atomic E-state index is -0.461. The smallest absolute Gasteiger partial charge is 0.319 e. The van der Waals surface area contributed by atoms with E-state index in [0.29, 0.717) is 5.69 Å². The third-order valence-electron chi connectivity index (χ3n) is 4.26. The average Bonchev–Trinajstić information content (AvgIpc) is 3.33. The van der Waals surface area contributed by atoms with E-state index in [1.807, 2.05) is 0 Å². The Morgan fingerprint density at radius 2 is 1.77 bits per heavy atom. The lowest BCUT2D eigenvalue weighted by atomic mass is 10.1. The fourth-order valence-corrected chi connectivity index (χ4v) is 2.87. The summed E-state index contributed by atoms with van der Waals surface area (Å²) in [6, 6.07) is 6.57. The van der Waals surface area contributed by atoms with Crippen molar-refractivity contribution in [3.05, 3.63) is 34.4 Å². The van der Waals surface area contributed by atoms with Crippen LogP contribution in [-0.4, -0.2) is 41.0 Å². The van der Waals surface area contributed by atoms with E-state index >= 15 is 0 Å². The minimum absolute atomic E-state index is 0.0124. The lowest BCUT2D eigenvalue weighted by Crippen LogP contribution is -2.46. The first kappa shape index (κ1) is 14.8. The molecule has 0 aromatic heterocycles. The summed E-state index contributed by atoms with van der Waals surface area (Å²) in [6.45, 7) is 2.10. The molecule has 2 amide bonds. The molecule has 1 saturated carbocycles. The highest BCUT2D eigenvalue weighted by Gasteiger charge is 2.32. The molecule has 2 fully saturated rings. The first-order valence-electron chi connectivity index (χ1n) is 7.68. The maximum absolute atomic E-state index is 12.0. The molecule has 1 aliphatic carbocycles. The Bertz CT molecular complexity index is 548. The Kier molecular flexibility index (Phi) is 4.24. The van der Waals surface area contributed by atoms with Crippen LogP contribution < -0.4 is 10.6 Å². The molecule has 1 aliphatic heterocycles. The predicted molar refractivity (Wildman–Crippen MR) is 82.9 cm³/mol. The molecular formula is C15H20N4O3. The first-order chi connectivity index (χ1) is 10.6. The summed E-state index contributed by atoms with van der Waals surface area (Å²) in [6.07, 6.45) is 4.59. The summed E-state index contributed by atoms with van der Waals surface area (Å²) in [4.78, 5) is 24.6. The van der Waals surface area contributed by atoms with Crippen LogP contribution in [0.15, 0.2) is 24.3 Å². The molecule has 1 saturated heterocycles. The van der Waals surface area contributed by atoms with Crippen LogP contribution in [-0.2, 0) is 0 Å². The van der Waals surface area contributed by atoms with E-state index in [9.17, 15) is 14.9 Å². The number of nitrogens with zero attached hydrogens (tertiary/aromatic N) is 2. The number of likely N-dealkylation sites (tertiary alicyclic amines) is 1. The van der Waals surface area contributed by atoms with Gasteiger partial charge in [-0.2, -0.15) is 0 Å². The number of nitro benzene ring substituents is 1. The van der Waals surface area contributed by atoms with Gasteiger partial charge in [0, 0.05) is 43.0 Å². The summed E-state index contributed by atoms with van der Waals surface area (Å²) < 4.78 is 0. The number of hydrogen-bond donors (Lipinski definition) is 2. The first-order valence-corrected chi connectivity index (χ1v) is 7.68. The van der Waals surface area contributed by atoms with Crippen molar-refractivity contribution in [2.75, 3.05) is 18.4 Å². The Morgan fingerprint density at radius 1 is 1.14 bits per heavy atom. The van der Waals surface area contributed by atoms with Crippen LogP contribution in [0.2, 0.25) is 0 Å². The molecular weight excluding hydrogens is 284 g/mol. The van der Waals surface area contributed by atoms with Gasteiger partial charge in [0.05, 0.1) is 4.92 Å². The lowest BCUT2D eigenvalue weighted by Gasteiger charge is -2.32. The second-order valence-electron chi connectivity index (χ2n) is 5.94. The van der Waals surface area contributed by atoms with Crippen molar-refractivity contribution in [2.45, 2.75) is 37.8 Å². The van der Waals surface area contributed by atoms with Crippen molar-refractivity contribution >= 4 is 17.4 Å². The topological polar surface area (TPSA) is 87.5 Å². The number of benzene rings is 1. The molecule has 7 nitrogen and oxygen atoms in total. The van der Waals surface area contributed by atoms with Gasteiger partial charge in [-0.25, -0.2) is 4.79 Å². The number of nitro groups is 1. The van der Waals surface area contributed by atoms with Crippen molar-refractivity contribution in [1.29, 1.82) is 0 Å². The maximum Gasteiger partial charge on any atom is 0.319 e. The molecule has 3 rings (SSSR count). The van der Waals surface area contributed by atoms with Crippen LogP contribution in [0.1, 0.15) is 25.7 Å². The quantitative estimate of drug-likeness (QED) is 0.660. The van der Waals surface area contributed by atoms with E-state index in [2.05, 4.69) is 15.5 Å². The minimum Gasteiger partial charge on any atom is -0.335 e. The second kappa shape index (κ2) is 6.31. The van der Waals surface area contributed by atoms with E-state index in [1.54, 1.807) is 0 Å². The molecule has 0 atom stereocenters. The molecule has 2 aliphatic rings. The van der Waals surface area contributed by atoms with Crippen LogP contribution in [0.5, 0.6) is 0 Å².